The Morgan fingerprint density at radius 2 is 1.91 bits per heavy atom. The summed E-state index contributed by atoms with van der Waals surface area (Å²) in [6.45, 7) is 7.01. The number of carbonyl (C=O) groups is 1. The van der Waals surface area contributed by atoms with Gasteiger partial charge in [-0.3, -0.25) is 4.79 Å². The molecule has 2 aromatic rings. The molecule has 1 saturated heterocycles. The second-order valence-corrected chi connectivity index (χ2v) is 11.4. The number of piperidine rings is 1. The van der Waals surface area contributed by atoms with Crippen LogP contribution in [0.2, 0.25) is 0 Å². The molecule has 0 radical (unpaired) electrons. The molecule has 0 unspecified atom stereocenters. The number of ether oxygens (including phenoxy) is 1. The first-order chi connectivity index (χ1) is 15.8. The average Bonchev–Trinajstić information content (AvgIpc) is 3.37. The smallest absolute Gasteiger partial charge is 0.243 e. The van der Waals surface area contributed by atoms with Gasteiger partial charge in [0.2, 0.25) is 15.9 Å². The Bertz CT molecular complexity index is 1120. The lowest BCUT2D eigenvalue weighted by Gasteiger charge is -2.26. The summed E-state index contributed by atoms with van der Waals surface area (Å²) in [6, 6.07) is 5.19. The fourth-order valence-electron chi connectivity index (χ4n) is 4.44. The van der Waals surface area contributed by atoms with Crippen LogP contribution in [0, 0.1) is 13.8 Å². The normalized spacial score (nSPS) is 16.9. The number of hydrogen-bond donors (Lipinski definition) is 0. The minimum atomic E-state index is -3.48. The number of carbonyl (C=O) groups excluding carboxylic acids is 1. The van der Waals surface area contributed by atoms with Crippen molar-refractivity contribution in [2.24, 2.45) is 0 Å². The highest BCUT2D eigenvalue weighted by molar-refractivity contribution is 7.99. The van der Waals surface area contributed by atoms with Crippen molar-refractivity contribution in [3.05, 3.63) is 35.2 Å². The van der Waals surface area contributed by atoms with Gasteiger partial charge in [-0.05, 0) is 56.9 Å². The molecule has 180 valence electrons. The number of fused-ring (bicyclic) bond motifs is 1. The lowest BCUT2D eigenvalue weighted by atomic mass is 10.2. The topological polar surface area (TPSA) is 84.7 Å². The van der Waals surface area contributed by atoms with E-state index in [2.05, 4.69) is 9.55 Å². The molecule has 0 atom stereocenters. The highest BCUT2D eigenvalue weighted by atomic mass is 32.2. The van der Waals surface area contributed by atoms with Crippen LogP contribution >= 0.6 is 11.8 Å². The zero-order valence-electron chi connectivity index (χ0n) is 19.5. The number of hydrogen-bond acceptors (Lipinski definition) is 6. The number of methoxy groups -OCH3 is 1. The Morgan fingerprint density at radius 3 is 2.64 bits per heavy atom. The summed E-state index contributed by atoms with van der Waals surface area (Å²) in [5, 5.41) is 0.817. The van der Waals surface area contributed by atoms with Crippen LogP contribution < -0.4 is 4.90 Å². The van der Waals surface area contributed by atoms with Crippen molar-refractivity contribution in [1.29, 1.82) is 0 Å². The van der Waals surface area contributed by atoms with E-state index in [-0.39, 0.29) is 11.7 Å². The molecule has 1 fully saturated rings. The standard InChI is InChI=1S/C23H32N4O4S2/c1-17-18(2)26(13-14-31-3)23(24-17)32-16-22(28)27-12-9-19-15-20(7-8-21(19)27)33(29,30)25-10-5-4-6-11-25/h7-8,15H,4-6,9-14,16H2,1-3H3. The molecule has 1 amide bonds. The molecular formula is C23H32N4O4S2. The molecule has 1 aromatic carbocycles. The summed E-state index contributed by atoms with van der Waals surface area (Å²) in [4.78, 5) is 19.8. The number of amides is 1. The number of aromatic nitrogens is 2. The second-order valence-electron chi connectivity index (χ2n) is 8.55. The summed E-state index contributed by atoms with van der Waals surface area (Å²) >= 11 is 1.43. The summed E-state index contributed by atoms with van der Waals surface area (Å²) < 4.78 is 34.9. The molecule has 10 heteroatoms. The molecule has 8 nitrogen and oxygen atoms in total. The lowest BCUT2D eigenvalue weighted by molar-refractivity contribution is -0.116. The van der Waals surface area contributed by atoms with Crippen LogP contribution in [0.5, 0.6) is 0 Å². The molecule has 2 aliphatic heterocycles. The first-order valence-electron chi connectivity index (χ1n) is 11.4. The molecule has 4 rings (SSSR count). The maximum absolute atomic E-state index is 13.0. The lowest BCUT2D eigenvalue weighted by Crippen LogP contribution is -2.35. The van der Waals surface area contributed by atoms with Crippen LogP contribution in [0.4, 0.5) is 5.69 Å². The molecule has 0 spiro atoms. The maximum atomic E-state index is 13.0. The number of nitrogens with zero attached hydrogens (tertiary/aromatic N) is 4. The van der Waals surface area contributed by atoms with E-state index in [0.29, 0.717) is 44.1 Å². The Hall–Kier alpha value is -1.88. The van der Waals surface area contributed by atoms with Gasteiger partial charge in [0.25, 0.3) is 0 Å². The van der Waals surface area contributed by atoms with E-state index in [1.54, 1.807) is 34.5 Å². The monoisotopic (exact) mass is 492 g/mol. The van der Waals surface area contributed by atoms with Crippen LogP contribution in [0.25, 0.3) is 0 Å². The summed E-state index contributed by atoms with van der Waals surface area (Å²) in [7, 11) is -1.81. The summed E-state index contributed by atoms with van der Waals surface area (Å²) in [5.74, 6) is 0.276. The SMILES string of the molecule is COCCn1c(SCC(=O)N2CCc3cc(S(=O)(=O)N4CCCCC4)ccc32)nc(C)c1C. The number of aryl methyl sites for hydroxylation is 1. The van der Waals surface area contributed by atoms with Crippen LogP contribution in [-0.4, -0.2) is 67.3 Å². The van der Waals surface area contributed by atoms with Gasteiger partial charge in [0, 0.05) is 44.7 Å². The van der Waals surface area contributed by atoms with Crippen molar-refractivity contribution in [2.75, 3.05) is 44.0 Å². The van der Waals surface area contributed by atoms with Gasteiger partial charge in [-0.15, -0.1) is 0 Å². The first kappa shape index (κ1) is 24.3. The number of thioether (sulfide) groups is 1. The first-order valence-corrected chi connectivity index (χ1v) is 13.8. The van der Waals surface area contributed by atoms with Crippen LogP contribution in [0.15, 0.2) is 28.3 Å². The van der Waals surface area contributed by atoms with Crippen molar-refractivity contribution in [2.45, 2.75) is 56.1 Å². The van der Waals surface area contributed by atoms with E-state index in [9.17, 15) is 13.2 Å². The van der Waals surface area contributed by atoms with Crippen molar-refractivity contribution in [3.63, 3.8) is 0 Å². The molecule has 0 bridgehead atoms. The van der Waals surface area contributed by atoms with E-state index in [0.717, 1.165) is 47.1 Å². The van der Waals surface area contributed by atoms with Gasteiger partial charge in [0.15, 0.2) is 5.16 Å². The Balaban J connectivity index is 1.45. The van der Waals surface area contributed by atoms with Crippen molar-refractivity contribution >= 4 is 33.4 Å². The number of sulfonamides is 1. The van der Waals surface area contributed by atoms with Gasteiger partial charge >= 0.3 is 0 Å². The third-order valence-corrected chi connectivity index (χ3v) is 9.32. The third-order valence-electron chi connectivity index (χ3n) is 6.47. The molecule has 0 aliphatic carbocycles. The quantitative estimate of drug-likeness (QED) is 0.527. The molecule has 0 N–H and O–H groups in total. The highest BCUT2D eigenvalue weighted by Gasteiger charge is 2.30. The fraction of sp³-hybridized carbons (Fsp3) is 0.565. The maximum Gasteiger partial charge on any atom is 0.243 e. The van der Waals surface area contributed by atoms with Crippen LogP contribution in [-0.2, 0) is 32.5 Å². The van der Waals surface area contributed by atoms with E-state index in [4.69, 9.17) is 4.74 Å². The highest BCUT2D eigenvalue weighted by Crippen LogP contribution is 2.33. The molecule has 2 aliphatic rings. The average molecular weight is 493 g/mol. The largest absolute Gasteiger partial charge is 0.383 e. The van der Waals surface area contributed by atoms with E-state index in [1.165, 1.54) is 11.8 Å². The van der Waals surface area contributed by atoms with Gasteiger partial charge < -0.3 is 14.2 Å². The molecule has 0 saturated carbocycles. The number of rotatable bonds is 8. The van der Waals surface area contributed by atoms with Gasteiger partial charge in [-0.1, -0.05) is 18.2 Å². The van der Waals surface area contributed by atoms with Crippen LogP contribution in [0.1, 0.15) is 36.2 Å². The van der Waals surface area contributed by atoms with Crippen LogP contribution in [0.3, 0.4) is 0 Å². The van der Waals surface area contributed by atoms with E-state index >= 15 is 0 Å². The van der Waals surface area contributed by atoms with Gasteiger partial charge in [-0.2, -0.15) is 4.31 Å². The minimum Gasteiger partial charge on any atom is -0.383 e. The summed E-state index contributed by atoms with van der Waals surface area (Å²) in [5.41, 5.74) is 3.76. The predicted molar refractivity (Wildman–Crippen MR) is 129 cm³/mol. The van der Waals surface area contributed by atoms with Crippen molar-refractivity contribution in [3.8, 4) is 0 Å². The second kappa shape index (κ2) is 10.2. The van der Waals surface area contributed by atoms with Gasteiger partial charge in [-0.25, -0.2) is 13.4 Å². The summed E-state index contributed by atoms with van der Waals surface area (Å²) in [6.07, 6.45) is 3.56. The van der Waals surface area contributed by atoms with E-state index in [1.807, 2.05) is 13.8 Å². The Labute approximate surface area is 200 Å². The van der Waals surface area contributed by atoms with E-state index < -0.39 is 10.0 Å². The zero-order chi connectivity index (χ0) is 23.6. The van der Waals surface area contributed by atoms with Crippen molar-refractivity contribution in [1.82, 2.24) is 13.9 Å². The van der Waals surface area contributed by atoms with Crippen molar-refractivity contribution < 1.29 is 17.9 Å². The third kappa shape index (κ3) is 4.99. The van der Waals surface area contributed by atoms with Gasteiger partial charge in [0.1, 0.15) is 0 Å². The molecule has 1 aromatic heterocycles. The molecule has 3 heterocycles. The zero-order valence-corrected chi connectivity index (χ0v) is 21.2. The Morgan fingerprint density at radius 1 is 1.15 bits per heavy atom. The molecule has 33 heavy (non-hydrogen) atoms. The number of benzene rings is 1. The van der Waals surface area contributed by atoms with Gasteiger partial charge in [0.05, 0.1) is 22.9 Å². The number of imidazole rings is 1. The Kier molecular flexibility index (Phi) is 7.47. The fourth-order valence-corrected chi connectivity index (χ4v) is 7.00. The molecular weight excluding hydrogens is 460 g/mol. The number of anilines is 1. The minimum absolute atomic E-state index is 0.00184. The predicted octanol–water partition coefficient (Wildman–Crippen LogP) is 3.00.